The van der Waals surface area contributed by atoms with Crippen molar-refractivity contribution in [1.82, 2.24) is 4.90 Å². The molecule has 0 saturated carbocycles. The van der Waals surface area contributed by atoms with Gasteiger partial charge < -0.3 is 9.47 Å². The molecular weight excluding hydrogens is 334 g/mol. The summed E-state index contributed by atoms with van der Waals surface area (Å²) in [5.74, 6) is 0.923. The lowest BCUT2D eigenvalue weighted by atomic mass is 9.91. The quantitative estimate of drug-likeness (QED) is 0.580. The summed E-state index contributed by atoms with van der Waals surface area (Å²) in [6.45, 7) is 7.56. The largest absolute Gasteiger partial charge is 0.493 e. The Morgan fingerprint density at radius 2 is 1.90 bits per heavy atom. The summed E-state index contributed by atoms with van der Waals surface area (Å²) in [5, 5.41) is 0.789. The lowest BCUT2D eigenvalue weighted by molar-refractivity contribution is -0.00429. The highest BCUT2D eigenvalue weighted by Crippen LogP contribution is 2.23. The van der Waals surface area contributed by atoms with E-state index in [1.165, 1.54) is 0 Å². The first-order valence-corrected chi connectivity index (χ1v) is 8.34. The van der Waals surface area contributed by atoms with Crippen molar-refractivity contribution in [2.24, 2.45) is 0 Å². The number of hydrogen-bond acceptors (Lipinski definition) is 4. The predicted molar refractivity (Wildman–Crippen MR) is 86.5 cm³/mol. The van der Waals surface area contributed by atoms with Crippen LogP contribution < -0.4 is 4.74 Å². The first-order chi connectivity index (χ1) is 10.1. The van der Waals surface area contributed by atoms with Crippen LogP contribution in [0.1, 0.15) is 24.2 Å². The van der Waals surface area contributed by atoms with Gasteiger partial charge >= 0.3 is 0 Å². The molecule has 21 heavy (non-hydrogen) atoms. The second-order valence-electron chi connectivity index (χ2n) is 5.55. The molecule has 1 saturated heterocycles. The van der Waals surface area contributed by atoms with Crippen molar-refractivity contribution in [3.8, 4) is 5.75 Å². The molecule has 0 unspecified atom stereocenters. The van der Waals surface area contributed by atoms with Crippen molar-refractivity contribution in [1.29, 1.82) is 0 Å². The number of ketones is 1. The molecule has 1 aromatic rings. The van der Waals surface area contributed by atoms with Crippen molar-refractivity contribution in [3.63, 3.8) is 0 Å². The third kappa shape index (κ3) is 4.05. The molecule has 0 aliphatic carbocycles. The lowest BCUT2D eigenvalue weighted by Crippen LogP contribution is -2.54. The van der Waals surface area contributed by atoms with Gasteiger partial charge in [0.25, 0.3) is 0 Å². The van der Waals surface area contributed by atoms with E-state index >= 15 is 0 Å². The predicted octanol–water partition coefficient (Wildman–Crippen LogP) is 2.75. The van der Waals surface area contributed by atoms with Gasteiger partial charge in [0.05, 0.1) is 25.4 Å². The average molecular weight is 356 g/mol. The number of halogens is 1. The first kappa shape index (κ1) is 16.5. The van der Waals surface area contributed by atoms with Crippen LogP contribution in [0, 0.1) is 0 Å². The molecule has 1 aromatic carbocycles. The van der Waals surface area contributed by atoms with E-state index in [1.807, 2.05) is 38.1 Å². The van der Waals surface area contributed by atoms with Crippen molar-refractivity contribution in [2.45, 2.75) is 19.4 Å². The van der Waals surface area contributed by atoms with E-state index < -0.39 is 5.54 Å². The number of rotatable bonds is 6. The molecule has 0 atom stereocenters. The van der Waals surface area contributed by atoms with Crippen LogP contribution >= 0.6 is 15.9 Å². The van der Waals surface area contributed by atoms with Gasteiger partial charge in [0.15, 0.2) is 5.78 Å². The average Bonchev–Trinajstić information content (AvgIpc) is 2.53. The fourth-order valence-corrected chi connectivity index (χ4v) is 2.64. The Morgan fingerprint density at radius 3 is 2.48 bits per heavy atom. The molecule has 0 bridgehead atoms. The maximum Gasteiger partial charge on any atom is 0.182 e. The fraction of sp³-hybridized carbons (Fsp3) is 0.562. The number of carbonyl (C=O) groups is 1. The van der Waals surface area contributed by atoms with E-state index in [4.69, 9.17) is 9.47 Å². The Balaban J connectivity index is 2.07. The monoisotopic (exact) mass is 355 g/mol. The molecule has 0 amide bonds. The Kier molecular flexibility index (Phi) is 5.79. The van der Waals surface area contributed by atoms with Gasteiger partial charge in [-0.25, -0.2) is 0 Å². The van der Waals surface area contributed by atoms with Crippen LogP contribution in [-0.2, 0) is 4.74 Å². The zero-order chi connectivity index (χ0) is 15.3. The Hall–Kier alpha value is -0.910. The normalized spacial score (nSPS) is 16.7. The number of carbonyl (C=O) groups excluding carboxylic acids is 1. The van der Waals surface area contributed by atoms with E-state index in [1.54, 1.807) is 0 Å². The zero-order valence-corrected chi connectivity index (χ0v) is 14.2. The summed E-state index contributed by atoms with van der Waals surface area (Å²) in [6, 6.07) is 7.39. The SMILES string of the molecule is CC(C)(C(=O)c1ccc(OCCBr)cc1)N1CCOCC1. The number of Topliss-reactive ketones (excluding diaryl/α,β-unsaturated/α-hetero) is 1. The summed E-state index contributed by atoms with van der Waals surface area (Å²) in [7, 11) is 0. The van der Waals surface area contributed by atoms with Crippen molar-refractivity contribution < 1.29 is 14.3 Å². The van der Waals surface area contributed by atoms with Gasteiger partial charge in [-0.3, -0.25) is 9.69 Å². The molecular formula is C16H22BrNO3. The van der Waals surface area contributed by atoms with Gasteiger partial charge in [-0.05, 0) is 38.1 Å². The highest BCUT2D eigenvalue weighted by atomic mass is 79.9. The lowest BCUT2D eigenvalue weighted by Gasteiger charge is -2.39. The number of benzene rings is 1. The molecule has 0 spiro atoms. The number of nitrogens with zero attached hydrogens (tertiary/aromatic N) is 1. The minimum absolute atomic E-state index is 0.136. The fourth-order valence-electron chi connectivity index (χ4n) is 2.48. The Labute approximate surface area is 134 Å². The van der Waals surface area contributed by atoms with Gasteiger partial charge in [0, 0.05) is 24.0 Å². The van der Waals surface area contributed by atoms with Crippen LogP contribution in [0.4, 0.5) is 0 Å². The van der Waals surface area contributed by atoms with Crippen LogP contribution in [0.15, 0.2) is 24.3 Å². The highest BCUT2D eigenvalue weighted by molar-refractivity contribution is 9.09. The number of morpholine rings is 1. The third-order valence-electron chi connectivity index (χ3n) is 3.82. The first-order valence-electron chi connectivity index (χ1n) is 7.22. The summed E-state index contributed by atoms with van der Waals surface area (Å²) in [5.41, 5.74) is 0.208. The topological polar surface area (TPSA) is 38.8 Å². The van der Waals surface area contributed by atoms with Crippen LogP contribution in [0.2, 0.25) is 0 Å². The summed E-state index contributed by atoms with van der Waals surface area (Å²) < 4.78 is 10.9. The summed E-state index contributed by atoms with van der Waals surface area (Å²) >= 11 is 3.32. The van der Waals surface area contributed by atoms with Gasteiger partial charge in [-0.2, -0.15) is 0 Å². The zero-order valence-electron chi connectivity index (χ0n) is 12.6. The minimum Gasteiger partial charge on any atom is -0.493 e. The van der Waals surface area contributed by atoms with Crippen molar-refractivity contribution in [2.75, 3.05) is 38.2 Å². The molecule has 4 nitrogen and oxygen atoms in total. The standard InChI is InChI=1S/C16H22BrNO3/c1-16(2,18-8-11-20-12-9-18)15(19)13-3-5-14(6-4-13)21-10-7-17/h3-6H,7-12H2,1-2H3. The van der Waals surface area contributed by atoms with Gasteiger partial charge in [-0.1, -0.05) is 15.9 Å². The van der Waals surface area contributed by atoms with E-state index in [-0.39, 0.29) is 5.78 Å². The third-order valence-corrected chi connectivity index (χ3v) is 4.14. The molecule has 116 valence electrons. The van der Waals surface area contributed by atoms with E-state index in [9.17, 15) is 4.79 Å². The number of hydrogen-bond donors (Lipinski definition) is 0. The van der Waals surface area contributed by atoms with E-state index in [2.05, 4.69) is 20.8 Å². The van der Waals surface area contributed by atoms with Crippen molar-refractivity contribution >= 4 is 21.7 Å². The Morgan fingerprint density at radius 1 is 1.29 bits per heavy atom. The van der Waals surface area contributed by atoms with Crippen LogP contribution in [-0.4, -0.2) is 54.5 Å². The second kappa shape index (κ2) is 7.38. The number of alkyl halides is 1. The number of ether oxygens (including phenoxy) is 2. The van der Waals surface area contributed by atoms with Gasteiger partial charge in [-0.15, -0.1) is 0 Å². The van der Waals surface area contributed by atoms with Crippen LogP contribution in [0.25, 0.3) is 0 Å². The van der Waals surface area contributed by atoms with E-state index in [0.29, 0.717) is 19.8 Å². The maximum absolute atomic E-state index is 12.8. The van der Waals surface area contributed by atoms with E-state index in [0.717, 1.165) is 29.7 Å². The molecule has 1 aliphatic rings. The van der Waals surface area contributed by atoms with Crippen LogP contribution in [0.5, 0.6) is 5.75 Å². The molecule has 1 aliphatic heterocycles. The molecule has 1 heterocycles. The maximum atomic E-state index is 12.8. The van der Waals surface area contributed by atoms with Crippen molar-refractivity contribution in [3.05, 3.63) is 29.8 Å². The summed E-state index contributed by atoms with van der Waals surface area (Å²) in [6.07, 6.45) is 0. The molecule has 5 heteroatoms. The molecule has 2 rings (SSSR count). The highest BCUT2D eigenvalue weighted by Gasteiger charge is 2.35. The van der Waals surface area contributed by atoms with Crippen LogP contribution in [0.3, 0.4) is 0 Å². The second-order valence-corrected chi connectivity index (χ2v) is 6.34. The molecule has 0 aromatic heterocycles. The molecule has 1 fully saturated rings. The van der Waals surface area contributed by atoms with Gasteiger partial charge in [0.1, 0.15) is 5.75 Å². The molecule has 0 N–H and O–H groups in total. The minimum atomic E-state index is -0.512. The van der Waals surface area contributed by atoms with Gasteiger partial charge in [0.2, 0.25) is 0 Å². The molecule has 0 radical (unpaired) electrons. The smallest absolute Gasteiger partial charge is 0.182 e. The summed E-state index contributed by atoms with van der Waals surface area (Å²) in [4.78, 5) is 14.9. The Bertz CT molecular complexity index is 467.